The van der Waals surface area contributed by atoms with E-state index in [1.54, 1.807) is 13.8 Å². The molecule has 9 nitrogen and oxygen atoms in total. The summed E-state index contributed by atoms with van der Waals surface area (Å²) in [6, 6.07) is 0. The van der Waals surface area contributed by atoms with E-state index in [-0.39, 0.29) is 38.3 Å². The maximum atomic E-state index is 10.2. The van der Waals surface area contributed by atoms with Crippen LogP contribution in [0.15, 0.2) is 0 Å². The third-order valence-electron chi connectivity index (χ3n) is 2.73. The van der Waals surface area contributed by atoms with Gasteiger partial charge < -0.3 is 28.7 Å². The summed E-state index contributed by atoms with van der Waals surface area (Å²) in [7, 11) is -4.23. The van der Waals surface area contributed by atoms with Gasteiger partial charge in [0, 0.05) is 13.2 Å². The number of hydrogen-bond acceptors (Lipinski definition) is 8. The van der Waals surface area contributed by atoms with Gasteiger partial charge in [-0.3, -0.25) is 4.55 Å². The van der Waals surface area contributed by atoms with E-state index in [1.807, 2.05) is 0 Å². The molecule has 0 aliphatic rings. The van der Waals surface area contributed by atoms with Crippen molar-refractivity contribution in [1.29, 1.82) is 0 Å². The number of aliphatic hydroxyl groups excluding tert-OH is 2. The molecule has 0 aromatic heterocycles. The van der Waals surface area contributed by atoms with Crippen molar-refractivity contribution in [3.63, 3.8) is 0 Å². The molecule has 0 fully saturated rings. The largest absolute Gasteiger partial charge is 0.397 e. The van der Waals surface area contributed by atoms with Crippen LogP contribution in [0.1, 0.15) is 85.0 Å². The van der Waals surface area contributed by atoms with Crippen LogP contribution < -0.4 is 18.5 Å². The van der Waals surface area contributed by atoms with Crippen LogP contribution >= 0.6 is 0 Å². The Bertz CT molecular complexity index is 292. The van der Waals surface area contributed by atoms with Crippen LogP contribution in [-0.4, -0.2) is 43.0 Å². The third kappa shape index (κ3) is 65.1. The Hall–Kier alpha value is -0.330. The lowest BCUT2D eigenvalue weighted by molar-refractivity contribution is 0.261. The Morgan fingerprint density at radius 3 is 1.19 bits per heavy atom. The number of aliphatic hydroxyl groups is 2. The minimum Gasteiger partial charge on any atom is -0.397 e. The minimum atomic E-state index is -4.23. The summed E-state index contributed by atoms with van der Waals surface area (Å²) in [6.45, 7) is 6.17. The van der Waals surface area contributed by atoms with E-state index in [2.05, 4.69) is 11.1 Å². The van der Waals surface area contributed by atoms with E-state index in [9.17, 15) is 8.42 Å². The highest BCUT2D eigenvalue weighted by Gasteiger charge is 2.02. The van der Waals surface area contributed by atoms with Crippen molar-refractivity contribution in [3.05, 3.63) is 0 Å². The zero-order chi connectivity index (χ0) is 18.4. The van der Waals surface area contributed by atoms with Gasteiger partial charge in [-0.15, -0.1) is 0 Å². The molecule has 0 amide bonds. The summed E-state index contributed by atoms with van der Waals surface area (Å²) in [5.41, 5.74) is 0. The van der Waals surface area contributed by atoms with Crippen LogP contribution in [0.25, 0.3) is 0 Å². The molecule has 10 heteroatoms. The Labute approximate surface area is 161 Å². The first-order valence-corrected chi connectivity index (χ1v) is 10.1. The summed E-state index contributed by atoms with van der Waals surface area (Å²) in [6.07, 6.45) is 11.9. The van der Waals surface area contributed by atoms with Gasteiger partial charge in [0.15, 0.2) is 0 Å². The van der Waals surface area contributed by atoms with Gasteiger partial charge >= 0.3 is 10.4 Å². The van der Waals surface area contributed by atoms with Gasteiger partial charge in [-0.2, -0.15) is 8.42 Å². The van der Waals surface area contributed by atoms with E-state index in [0.29, 0.717) is 6.42 Å². The second-order valence-electron chi connectivity index (χ2n) is 5.06. The molecule has 0 heterocycles. The molecule has 0 atom stereocenters. The van der Waals surface area contributed by atoms with Gasteiger partial charge in [0.25, 0.3) is 0 Å². The zero-order valence-electron chi connectivity index (χ0n) is 17.3. The quantitative estimate of drug-likeness (QED) is 0.201. The SMILES string of the molecule is CCCCCCCCCCCCOS(=O)(=O)O.CCO.CCO.N.N.N. The molecular formula is C16H47N3O6S. The van der Waals surface area contributed by atoms with Gasteiger partial charge in [0.2, 0.25) is 0 Å². The first kappa shape index (κ1) is 40.4. The van der Waals surface area contributed by atoms with Gasteiger partial charge in [0.05, 0.1) is 6.61 Å². The first-order valence-electron chi connectivity index (χ1n) is 8.73. The van der Waals surface area contributed by atoms with Crippen LogP contribution in [0, 0.1) is 0 Å². The average Bonchev–Trinajstić information content (AvgIpc) is 2.45. The molecule has 0 rings (SSSR count). The molecule has 0 aliphatic carbocycles. The molecule has 26 heavy (non-hydrogen) atoms. The van der Waals surface area contributed by atoms with Crippen molar-refractivity contribution >= 4 is 10.4 Å². The van der Waals surface area contributed by atoms with Crippen molar-refractivity contribution < 1.29 is 27.4 Å². The molecule has 0 unspecified atom stereocenters. The summed E-state index contributed by atoms with van der Waals surface area (Å²) >= 11 is 0. The molecule has 0 saturated heterocycles. The molecule has 12 N–H and O–H groups in total. The Balaban J connectivity index is -0.0000000976. The Morgan fingerprint density at radius 1 is 0.654 bits per heavy atom. The van der Waals surface area contributed by atoms with Crippen molar-refractivity contribution in [1.82, 2.24) is 18.5 Å². The number of unbranched alkanes of at least 4 members (excludes halogenated alkanes) is 9. The second-order valence-corrected chi connectivity index (χ2v) is 6.16. The van der Waals surface area contributed by atoms with E-state index >= 15 is 0 Å². The van der Waals surface area contributed by atoms with Gasteiger partial charge in [-0.1, -0.05) is 64.7 Å². The zero-order valence-corrected chi connectivity index (χ0v) is 18.1. The summed E-state index contributed by atoms with van der Waals surface area (Å²) < 4.78 is 33.0. The predicted molar refractivity (Wildman–Crippen MR) is 110 cm³/mol. The van der Waals surface area contributed by atoms with E-state index in [0.717, 1.165) is 12.8 Å². The standard InChI is InChI=1S/C12H26O4S.2C2H6O.3H3N/c1-2-3-4-5-6-7-8-9-10-11-12-16-17(13,14)15;2*1-2-3;;;/h2-12H2,1H3,(H,13,14,15);2*3H,2H2,1H3;3*1H3. The fraction of sp³-hybridized carbons (Fsp3) is 1.00. The van der Waals surface area contributed by atoms with Gasteiger partial charge in [0.1, 0.15) is 0 Å². The molecule has 0 saturated carbocycles. The summed E-state index contributed by atoms with van der Waals surface area (Å²) in [4.78, 5) is 0. The van der Waals surface area contributed by atoms with E-state index in [1.165, 1.54) is 44.9 Å². The molecule has 0 radical (unpaired) electrons. The Kier molecular flexibility index (Phi) is 55.5. The molecule has 0 spiro atoms. The highest BCUT2D eigenvalue weighted by atomic mass is 32.3. The summed E-state index contributed by atoms with van der Waals surface area (Å²) in [5, 5.41) is 15.1. The molecule has 0 aliphatic heterocycles. The second kappa shape index (κ2) is 35.7. The molecule has 0 aromatic carbocycles. The van der Waals surface area contributed by atoms with Crippen LogP contribution in [0.3, 0.4) is 0 Å². The lowest BCUT2D eigenvalue weighted by Gasteiger charge is -2.02. The van der Waals surface area contributed by atoms with Gasteiger partial charge in [-0.05, 0) is 20.3 Å². The van der Waals surface area contributed by atoms with E-state index < -0.39 is 10.4 Å². The molecular weight excluding hydrogens is 362 g/mol. The minimum absolute atomic E-state index is 0. The molecule has 168 valence electrons. The fourth-order valence-electron chi connectivity index (χ4n) is 1.75. The average molecular weight is 410 g/mol. The topological polar surface area (TPSA) is 209 Å². The molecule has 0 bridgehead atoms. The normalized spacial score (nSPS) is 9.15. The smallest absolute Gasteiger partial charge is 0.397 e. The third-order valence-corrected chi connectivity index (χ3v) is 3.19. The maximum absolute atomic E-state index is 10.2. The van der Waals surface area contributed by atoms with E-state index in [4.69, 9.17) is 14.8 Å². The number of rotatable bonds is 12. The van der Waals surface area contributed by atoms with Crippen molar-refractivity contribution in [2.75, 3.05) is 19.8 Å². The van der Waals surface area contributed by atoms with Crippen LogP contribution in [0.5, 0.6) is 0 Å². The number of hydrogen-bond donors (Lipinski definition) is 6. The van der Waals surface area contributed by atoms with Crippen molar-refractivity contribution in [2.45, 2.75) is 85.0 Å². The highest BCUT2D eigenvalue weighted by molar-refractivity contribution is 7.80. The molecule has 0 aromatic rings. The van der Waals surface area contributed by atoms with Crippen LogP contribution in [0.4, 0.5) is 0 Å². The van der Waals surface area contributed by atoms with Crippen molar-refractivity contribution in [3.8, 4) is 0 Å². The predicted octanol–water partition coefficient (Wildman–Crippen LogP) is 4.21. The van der Waals surface area contributed by atoms with Crippen LogP contribution in [0.2, 0.25) is 0 Å². The van der Waals surface area contributed by atoms with Crippen LogP contribution in [-0.2, 0) is 14.6 Å². The monoisotopic (exact) mass is 409 g/mol. The summed E-state index contributed by atoms with van der Waals surface area (Å²) in [5.74, 6) is 0. The maximum Gasteiger partial charge on any atom is 0.397 e. The van der Waals surface area contributed by atoms with Gasteiger partial charge in [-0.25, -0.2) is 4.18 Å². The Morgan fingerprint density at radius 2 is 0.923 bits per heavy atom. The van der Waals surface area contributed by atoms with Crippen molar-refractivity contribution in [2.24, 2.45) is 0 Å². The lowest BCUT2D eigenvalue weighted by atomic mass is 10.1. The highest BCUT2D eigenvalue weighted by Crippen LogP contribution is 2.10. The fourth-order valence-corrected chi connectivity index (χ4v) is 2.08. The lowest BCUT2D eigenvalue weighted by Crippen LogP contribution is -2.04. The first-order chi connectivity index (χ1) is 10.9.